The van der Waals surface area contributed by atoms with Gasteiger partial charge in [-0.1, -0.05) is 12.1 Å². The molecule has 4 heteroatoms. The Morgan fingerprint density at radius 3 is 2.83 bits per heavy atom. The highest BCUT2D eigenvalue weighted by atomic mass is 19.1. The number of para-hydroxylation sites is 1. The summed E-state index contributed by atoms with van der Waals surface area (Å²) in [4.78, 5) is 4.32. The van der Waals surface area contributed by atoms with Gasteiger partial charge in [0.2, 0.25) is 5.89 Å². The second kappa shape index (κ2) is 3.84. The van der Waals surface area contributed by atoms with E-state index >= 15 is 0 Å². The zero-order valence-corrected chi connectivity index (χ0v) is 9.77. The van der Waals surface area contributed by atoms with Crippen LogP contribution in [0.2, 0.25) is 0 Å². The van der Waals surface area contributed by atoms with Gasteiger partial charge in [0.15, 0.2) is 5.58 Å². The lowest BCUT2D eigenvalue weighted by atomic mass is 10.2. The average molecular weight is 242 g/mol. The van der Waals surface area contributed by atoms with Crippen molar-refractivity contribution in [1.82, 2.24) is 4.98 Å². The standard InChI is InChI=1S/C14H11FN2O/c1-8-3-2-4-12-13(8)17-14(18-12)10-7-9(16)5-6-11(10)15/h2-7H,16H2,1H3. The summed E-state index contributed by atoms with van der Waals surface area (Å²) >= 11 is 0. The van der Waals surface area contributed by atoms with Crippen LogP contribution in [0.3, 0.4) is 0 Å². The third kappa shape index (κ3) is 1.62. The quantitative estimate of drug-likeness (QED) is 0.664. The number of halogens is 1. The van der Waals surface area contributed by atoms with Crippen LogP contribution in [0.25, 0.3) is 22.6 Å². The third-order valence-electron chi connectivity index (χ3n) is 2.84. The molecule has 3 nitrogen and oxygen atoms in total. The van der Waals surface area contributed by atoms with E-state index in [1.807, 2.05) is 25.1 Å². The number of anilines is 1. The minimum atomic E-state index is -0.395. The van der Waals surface area contributed by atoms with Crippen molar-refractivity contribution in [2.75, 3.05) is 5.73 Å². The molecular formula is C14H11FN2O. The molecule has 1 heterocycles. The number of fused-ring (bicyclic) bond motifs is 1. The predicted molar refractivity (Wildman–Crippen MR) is 68.6 cm³/mol. The van der Waals surface area contributed by atoms with Gasteiger partial charge in [0, 0.05) is 5.69 Å². The number of aryl methyl sites for hydroxylation is 1. The van der Waals surface area contributed by atoms with Crippen LogP contribution in [0.4, 0.5) is 10.1 Å². The predicted octanol–water partition coefficient (Wildman–Crippen LogP) is 3.52. The van der Waals surface area contributed by atoms with Crippen molar-refractivity contribution in [2.45, 2.75) is 6.92 Å². The van der Waals surface area contributed by atoms with Gasteiger partial charge in [-0.05, 0) is 36.8 Å². The van der Waals surface area contributed by atoms with Crippen molar-refractivity contribution < 1.29 is 8.81 Å². The van der Waals surface area contributed by atoms with Crippen LogP contribution < -0.4 is 5.73 Å². The van der Waals surface area contributed by atoms with Crippen LogP contribution in [0, 0.1) is 12.7 Å². The van der Waals surface area contributed by atoms with Crippen molar-refractivity contribution in [3.8, 4) is 11.5 Å². The number of benzene rings is 2. The Labute approximate surface area is 103 Å². The van der Waals surface area contributed by atoms with Gasteiger partial charge in [-0.25, -0.2) is 9.37 Å². The Kier molecular flexibility index (Phi) is 2.30. The number of nitrogens with zero attached hydrogens (tertiary/aromatic N) is 1. The number of oxazole rings is 1. The second-order valence-corrected chi connectivity index (χ2v) is 4.18. The summed E-state index contributed by atoms with van der Waals surface area (Å²) in [6, 6.07) is 9.96. The summed E-state index contributed by atoms with van der Waals surface area (Å²) in [5.74, 6) is -0.141. The highest BCUT2D eigenvalue weighted by Gasteiger charge is 2.13. The molecule has 18 heavy (non-hydrogen) atoms. The Morgan fingerprint density at radius 1 is 1.22 bits per heavy atom. The van der Waals surface area contributed by atoms with Gasteiger partial charge in [-0.2, -0.15) is 0 Å². The molecule has 2 N–H and O–H groups in total. The van der Waals surface area contributed by atoms with Gasteiger partial charge in [0.05, 0.1) is 5.56 Å². The minimum Gasteiger partial charge on any atom is -0.436 e. The molecular weight excluding hydrogens is 231 g/mol. The average Bonchev–Trinajstić information content (AvgIpc) is 2.77. The van der Waals surface area contributed by atoms with Gasteiger partial charge in [0.25, 0.3) is 0 Å². The molecule has 3 aromatic rings. The van der Waals surface area contributed by atoms with E-state index in [1.54, 1.807) is 0 Å². The topological polar surface area (TPSA) is 52.0 Å². The van der Waals surface area contributed by atoms with Gasteiger partial charge >= 0.3 is 0 Å². The minimum absolute atomic E-state index is 0.254. The van der Waals surface area contributed by atoms with E-state index in [0.29, 0.717) is 11.3 Å². The largest absolute Gasteiger partial charge is 0.436 e. The molecule has 0 atom stereocenters. The lowest BCUT2D eigenvalue weighted by Gasteiger charge is -1.99. The molecule has 0 aliphatic heterocycles. The molecule has 0 saturated carbocycles. The van der Waals surface area contributed by atoms with E-state index in [1.165, 1.54) is 18.2 Å². The second-order valence-electron chi connectivity index (χ2n) is 4.18. The van der Waals surface area contributed by atoms with Crippen LogP contribution in [0.15, 0.2) is 40.8 Å². The van der Waals surface area contributed by atoms with Crippen LogP contribution in [0.1, 0.15) is 5.56 Å². The third-order valence-corrected chi connectivity index (χ3v) is 2.84. The van der Waals surface area contributed by atoms with Crippen molar-refractivity contribution in [1.29, 1.82) is 0 Å². The molecule has 90 valence electrons. The van der Waals surface area contributed by atoms with Crippen molar-refractivity contribution in [2.24, 2.45) is 0 Å². The monoisotopic (exact) mass is 242 g/mol. The normalized spacial score (nSPS) is 11.0. The molecule has 0 aliphatic carbocycles. The molecule has 0 aliphatic rings. The Balaban J connectivity index is 2.26. The maximum atomic E-state index is 13.7. The zero-order valence-electron chi connectivity index (χ0n) is 9.77. The number of aromatic nitrogens is 1. The van der Waals surface area contributed by atoms with E-state index < -0.39 is 5.82 Å². The molecule has 0 amide bonds. The maximum Gasteiger partial charge on any atom is 0.230 e. The van der Waals surface area contributed by atoms with Crippen LogP contribution >= 0.6 is 0 Å². The fourth-order valence-corrected chi connectivity index (χ4v) is 1.91. The summed E-state index contributed by atoms with van der Waals surface area (Å²) in [6.07, 6.45) is 0. The maximum absolute atomic E-state index is 13.7. The van der Waals surface area contributed by atoms with Crippen LogP contribution in [-0.2, 0) is 0 Å². The molecule has 0 fully saturated rings. The first kappa shape index (κ1) is 10.8. The molecule has 0 saturated heterocycles. The smallest absolute Gasteiger partial charge is 0.230 e. The van der Waals surface area contributed by atoms with Gasteiger partial charge in [-0.15, -0.1) is 0 Å². The molecule has 2 aromatic carbocycles. The molecule has 0 spiro atoms. The molecule has 0 unspecified atom stereocenters. The number of hydrogen-bond donors (Lipinski definition) is 1. The highest BCUT2D eigenvalue weighted by Crippen LogP contribution is 2.28. The van der Waals surface area contributed by atoms with Crippen molar-refractivity contribution >= 4 is 16.8 Å². The first-order valence-corrected chi connectivity index (χ1v) is 5.57. The molecule has 0 bridgehead atoms. The van der Waals surface area contributed by atoms with E-state index in [2.05, 4.69) is 4.98 Å². The fourth-order valence-electron chi connectivity index (χ4n) is 1.91. The van der Waals surface area contributed by atoms with E-state index in [0.717, 1.165) is 11.1 Å². The van der Waals surface area contributed by atoms with E-state index in [9.17, 15) is 4.39 Å². The highest BCUT2D eigenvalue weighted by molar-refractivity contribution is 5.79. The lowest BCUT2D eigenvalue weighted by Crippen LogP contribution is -1.89. The molecule has 3 rings (SSSR count). The number of nitrogen functional groups attached to an aromatic ring is 1. The van der Waals surface area contributed by atoms with Crippen LogP contribution in [-0.4, -0.2) is 4.98 Å². The Bertz CT molecular complexity index is 734. The summed E-state index contributed by atoms with van der Waals surface area (Å²) in [5, 5.41) is 0. The van der Waals surface area contributed by atoms with Gasteiger partial charge in [0.1, 0.15) is 11.3 Å². The summed E-state index contributed by atoms with van der Waals surface area (Å²) in [7, 11) is 0. The summed E-state index contributed by atoms with van der Waals surface area (Å²) < 4.78 is 19.3. The Hall–Kier alpha value is -2.36. The van der Waals surface area contributed by atoms with Gasteiger partial charge < -0.3 is 10.2 Å². The fraction of sp³-hybridized carbons (Fsp3) is 0.0714. The summed E-state index contributed by atoms with van der Waals surface area (Å²) in [5.41, 5.74) is 8.80. The van der Waals surface area contributed by atoms with Gasteiger partial charge in [-0.3, -0.25) is 0 Å². The Morgan fingerprint density at radius 2 is 2.06 bits per heavy atom. The summed E-state index contributed by atoms with van der Waals surface area (Å²) in [6.45, 7) is 1.93. The molecule has 0 radical (unpaired) electrons. The zero-order chi connectivity index (χ0) is 12.7. The van der Waals surface area contributed by atoms with Crippen molar-refractivity contribution in [3.05, 3.63) is 47.8 Å². The van der Waals surface area contributed by atoms with E-state index in [-0.39, 0.29) is 11.5 Å². The van der Waals surface area contributed by atoms with E-state index in [4.69, 9.17) is 10.2 Å². The number of rotatable bonds is 1. The molecule has 1 aromatic heterocycles. The van der Waals surface area contributed by atoms with Crippen LogP contribution in [0.5, 0.6) is 0 Å². The first-order chi connectivity index (χ1) is 8.65. The lowest BCUT2D eigenvalue weighted by molar-refractivity contribution is 0.594. The number of hydrogen-bond acceptors (Lipinski definition) is 3. The van der Waals surface area contributed by atoms with Crippen molar-refractivity contribution in [3.63, 3.8) is 0 Å². The number of nitrogens with two attached hydrogens (primary N) is 1. The first-order valence-electron chi connectivity index (χ1n) is 5.57. The SMILES string of the molecule is Cc1cccc2oc(-c3cc(N)ccc3F)nc12.